The molecule has 1 aromatic carbocycles. The standard InChI is InChI=1S/C18H25NO5/c1-13(18(21)22)12-19(14-5-6-14)17(20)4-3-11-24-16-9-7-15(23-2)8-10-16/h7-10,13-14H,3-6,11-12H2,1-2H3,(H,21,22). The van der Waals surface area contributed by atoms with Crippen molar-refractivity contribution in [1.29, 1.82) is 0 Å². The molecule has 1 aromatic rings. The zero-order valence-electron chi connectivity index (χ0n) is 14.2. The monoisotopic (exact) mass is 335 g/mol. The summed E-state index contributed by atoms with van der Waals surface area (Å²) >= 11 is 0. The Balaban J connectivity index is 1.73. The second-order valence-electron chi connectivity index (χ2n) is 6.14. The van der Waals surface area contributed by atoms with Gasteiger partial charge in [0.15, 0.2) is 0 Å². The van der Waals surface area contributed by atoms with Crippen LogP contribution in [0.25, 0.3) is 0 Å². The minimum atomic E-state index is -0.865. The average Bonchev–Trinajstić information content (AvgIpc) is 3.41. The fourth-order valence-corrected chi connectivity index (χ4v) is 2.44. The lowest BCUT2D eigenvalue weighted by atomic mass is 10.1. The Kier molecular flexibility index (Phi) is 6.46. The van der Waals surface area contributed by atoms with Crippen LogP contribution in [0.4, 0.5) is 0 Å². The molecule has 0 bridgehead atoms. The van der Waals surface area contributed by atoms with Crippen LogP contribution in [0.5, 0.6) is 11.5 Å². The van der Waals surface area contributed by atoms with E-state index in [9.17, 15) is 9.59 Å². The van der Waals surface area contributed by atoms with Gasteiger partial charge in [0.2, 0.25) is 5.91 Å². The highest BCUT2D eigenvalue weighted by molar-refractivity contribution is 5.78. The van der Waals surface area contributed by atoms with E-state index in [1.54, 1.807) is 18.9 Å². The van der Waals surface area contributed by atoms with Gasteiger partial charge in [-0.15, -0.1) is 0 Å². The molecule has 2 rings (SSSR count). The van der Waals surface area contributed by atoms with Crippen molar-refractivity contribution in [3.05, 3.63) is 24.3 Å². The van der Waals surface area contributed by atoms with Gasteiger partial charge in [-0.2, -0.15) is 0 Å². The summed E-state index contributed by atoms with van der Waals surface area (Å²) in [6.07, 6.45) is 2.93. The number of aliphatic carboxylic acids is 1. The summed E-state index contributed by atoms with van der Waals surface area (Å²) in [5.74, 6) is 0.122. The highest BCUT2D eigenvalue weighted by Crippen LogP contribution is 2.28. The van der Waals surface area contributed by atoms with Gasteiger partial charge in [0.1, 0.15) is 11.5 Å². The number of ether oxygens (including phenoxy) is 2. The smallest absolute Gasteiger partial charge is 0.308 e. The van der Waals surface area contributed by atoms with E-state index in [-0.39, 0.29) is 18.5 Å². The van der Waals surface area contributed by atoms with Gasteiger partial charge in [-0.3, -0.25) is 9.59 Å². The lowest BCUT2D eigenvalue weighted by Crippen LogP contribution is -2.38. The molecule has 1 fully saturated rings. The van der Waals surface area contributed by atoms with Crippen LogP contribution in [0.2, 0.25) is 0 Å². The fourth-order valence-electron chi connectivity index (χ4n) is 2.44. The molecule has 0 radical (unpaired) electrons. The molecule has 0 heterocycles. The molecule has 6 nitrogen and oxygen atoms in total. The van der Waals surface area contributed by atoms with Crippen LogP contribution in [0.15, 0.2) is 24.3 Å². The number of nitrogens with zero attached hydrogens (tertiary/aromatic N) is 1. The van der Waals surface area contributed by atoms with Crippen molar-refractivity contribution in [3.8, 4) is 11.5 Å². The molecule has 1 N–H and O–H groups in total. The van der Waals surface area contributed by atoms with Crippen molar-refractivity contribution in [2.45, 2.75) is 38.6 Å². The summed E-state index contributed by atoms with van der Waals surface area (Å²) in [7, 11) is 1.61. The number of hydrogen-bond donors (Lipinski definition) is 1. The normalized spacial score (nSPS) is 14.8. The highest BCUT2D eigenvalue weighted by atomic mass is 16.5. The van der Waals surface area contributed by atoms with Crippen molar-refractivity contribution >= 4 is 11.9 Å². The zero-order chi connectivity index (χ0) is 17.5. The number of carboxylic acids is 1. The maximum absolute atomic E-state index is 12.3. The van der Waals surface area contributed by atoms with Gasteiger partial charge in [-0.05, 0) is 43.5 Å². The summed E-state index contributed by atoms with van der Waals surface area (Å²) in [5, 5.41) is 9.03. The van der Waals surface area contributed by atoms with Gasteiger partial charge in [0.05, 0.1) is 19.6 Å². The molecular weight excluding hydrogens is 310 g/mol. The van der Waals surface area contributed by atoms with Crippen LogP contribution in [-0.4, -0.2) is 48.2 Å². The third-order valence-corrected chi connectivity index (χ3v) is 4.06. The fraction of sp³-hybridized carbons (Fsp3) is 0.556. The number of carbonyl (C=O) groups is 2. The second-order valence-corrected chi connectivity index (χ2v) is 6.14. The predicted octanol–water partition coefficient (Wildman–Crippen LogP) is 2.57. The minimum Gasteiger partial charge on any atom is -0.497 e. The van der Waals surface area contributed by atoms with E-state index in [0.29, 0.717) is 19.4 Å². The molecule has 1 saturated carbocycles. The van der Waals surface area contributed by atoms with E-state index in [4.69, 9.17) is 14.6 Å². The van der Waals surface area contributed by atoms with E-state index in [1.807, 2.05) is 24.3 Å². The predicted molar refractivity (Wildman–Crippen MR) is 89.3 cm³/mol. The first-order valence-electron chi connectivity index (χ1n) is 8.30. The van der Waals surface area contributed by atoms with E-state index in [2.05, 4.69) is 0 Å². The Labute approximate surface area is 142 Å². The number of amides is 1. The molecule has 0 saturated heterocycles. The molecule has 132 valence electrons. The second kappa shape index (κ2) is 8.57. The van der Waals surface area contributed by atoms with Crippen LogP contribution in [-0.2, 0) is 9.59 Å². The zero-order valence-corrected chi connectivity index (χ0v) is 14.2. The lowest BCUT2D eigenvalue weighted by molar-refractivity contribution is -0.143. The molecule has 0 spiro atoms. The van der Waals surface area contributed by atoms with Gasteiger partial charge in [0, 0.05) is 19.0 Å². The van der Waals surface area contributed by atoms with Crippen molar-refractivity contribution in [2.24, 2.45) is 5.92 Å². The number of benzene rings is 1. The number of methoxy groups -OCH3 is 1. The van der Waals surface area contributed by atoms with Gasteiger partial charge >= 0.3 is 5.97 Å². The molecule has 0 aromatic heterocycles. The lowest BCUT2D eigenvalue weighted by Gasteiger charge is -2.24. The summed E-state index contributed by atoms with van der Waals surface area (Å²) in [6, 6.07) is 7.52. The summed E-state index contributed by atoms with van der Waals surface area (Å²) in [6.45, 7) is 2.38. The highest BCUT2D eigenvalue weighted by Gasteiger charge is 2.33. The average molecular weight is 335 g/mol. The first-order chi connectivity index (χ1) is 11.5. The van der Waals surface area contributed by atoms with Gasteiger partial charge in [-0.1, -0.05) is 6.92 Å². The Morgan fingerprint density at radius 3 is 2.42 bits per heavy atom. The Morgan fingerprint density at radius 2 is 1.88 bits per heavy atom. The molecular formula is C18H25NO5. The van der Waals surface area contributed by atoms with Crippen molar-refractivity contribution in [1.82, 2.24) is 4.90 Å². The first kappa shape index (κ1) is 18.1. The van der Waals surface area contributed by atoms with Gasteiger partial charge in [-0.25, -0.2) is 0 Å². The Morgan fingerprint density at radius 1 is 1.25 bits per heavy atom. The Hall–Kier alpha value is -2.24. The topological polar surface area (TPSA) is 76.1 Å². The molecule has 1 atom stereocenters. The van der Waals surface area contributed by atoms with Crippen molar-refractivity contribution in [3.63, 3.8) is 0 Å². The Bertz CT molecular complexity index is 553. The molecule has 1 unspecified atom stereocenters. The van der Waals surface area contributed by atoms with Crippen LogP contribution < -0.4 is 9.47 Å². The first-order valence-corrected chi connectivity index (χ1v) is 8.30. The van der Waals surface area contributed by atoms with Crippen molar-refractivity contribution < 1.29 is 24.2 Å². The third kappa shape index (κ3) is 5.44. The minimum absolute atomic E-state index is 0.0175. The van der Waals surface area contributed by atoms with Gasteiger partial charge < -0.3 is 19.5 Å². The molecule has 0 aliphatic heterocycles. The van der Waals surface area contributed by atoms with E-state index >= 15 is 0 Å². The SMILES string of the molecule is COc1ccc(OCCCC(=O)N(CC(C)C(=O)O)C2CC2)cc1. The maximum Gasteiger partial charge on any atom is 0.308 e. The summed E-state index contributed by atoms with van der Waals surface area (Å²) in [5.41, 5.74) is 0. The van der Waals surface area contributed by atoms with Gasteiger partial charge in [0.25, 0.3) is 0 Å². The molecule has 6 heteroatoms. The largest absolute Gasteiger partial charge is 0.497 e. The molecule has 1 aliphatic rings. The van der Waals surface area contributed by atoms with Crippen LogP contribution in [0, 0.1) is 5.92 Å². The maximum atomic E-state index is 12.3. The molecule has 24 heavy (non-hydrogen) atoms. The van der Waals surface area contributed by atoms with Crippen LogP contribution >= 0.6 is 0 Å². The molecule has 1 amide bonds. The molecule has 1 aliphatic carbocycles. The number of rotatable bonds is 10. The third-order valence-electron chi connectivity index (χ3n) is 4.06. The van der Waals surface area contributed by atoms with E-state index in [1.165, 1.54) is 0 Å². The van der Waals surface area contributed by atoms with Crippen molar-refractivity contribution in [2.75, 3.05) is 20.3 Å². The van der Waals surface area contributed by atoms with E-state index in [0.717, 1.165) is 24.3 Å². The number of hydrogen-bond acceptors (Lipinski definition) is 4. The summed E-state index contributed by atoms with van der Waals surface area (Å²) < 4.78 is 10.7. The summed E-state index contributed by atoms with van der Waals surface area (Å²) in [4.78, 5) is 25.1. The number of carboxylic acid groups (broad SMARTS) is 1. The quantitative estimate of drug-likeness (QED) is 0.665. The number of carbonyl (C=O) groups excluding carboxylic acids is 1. The van der Waals surface area contributed by atoms with Crippen LogP contribution in [0.3, 0.4) is 0 Å². The van der Waals surface area contributed by atoms with Crippen LogP contribution in [0.1, 0.15) is 32.6 Å². The van der Waals surface area contributed by atoms with E-state index < -0.39 is 11.9 Å².